The van der Waals surface area contributed by atoms with Crippen LogP contribution in [0.15, 0.2) is 0 Å². The molecule has 1 atom stereocenters. The van der Waals surface area contributed by atoms with Crippen LogP contribution in [-0.4, -0.2) is 72.3 Å². The third-order valence-corrected chi connectivity index (χ3v) is 5.40. The van der Waals surface area contributed by atoms with Gasteiger partial charge in [-0.2, -0.15) is 0 Å². The number of carbonyl (C=O) groups is 2. The maximum atomic E-state index is 13.0. The summed E-state index contributed by atoms with van der Waals surface area (Å²) in [5, 5.41) is 0. The van der Waals surface area contributed by atoms with Crippen LogP contribution in [0.25, 0.3) is 0 Å². The van der Waals surface area contributed by atoms with Crippen molar-refractivity contribution in [3.63, 3.8) is 0 Å². The Kier molecular flexibility index (Phi) is 6.88. The van der Waals surface area contributed by atoms with Crippen molar-refractivity contribution in [1.82, 2.24) is 14.7 Å². The molecule has 0 spiro atoms. The van der Waals surface area contributed by atoms with Gasteiger partial charge in [0.2, 0.25) is 11.8 Å². The Bertz CT molecular complexity index is 399. The van der Waals surface area contributed by atoms with Crippen molar-refractivity contribution in [2.45, 2.75) is 58.4 Å². The van der Waals surface area contributed by atoms with E-state index in [0.717, 1.165) is 39.1 Å². The molecule has 1 saturated carbocycles. The van der Waals surface area contributed by atoms with Crippen molar-refractivity contribution >= 4 is 11.8 Å². The Labute approximate surface area is 141 Å². The fraction of sp³-hybridized carbons (Fsp3) is 0.889. The Morgan fingerprint density at radius 2 is 1.70 bits per heavy atom. The number of rotatable bonds is 6. The van der Waals surface area contributed by atoms with Crippen molar-refractivity contribution < 1.29 is 9.59 Å². The third kappa shape index (κ3) is 4.46. The van der Waals surface area contributed by atoms with Crippen molar-refractivity contribution in [1.29, 1.82) is 0 Å². The average molecular weight is 323 g/mol. The summed E-state index contributed by atoms with van der Waals surface area (Å²) in [5.41, 5.74) is 0. The second-order valence-electron chi connectivity index (χ2n) is 7.02. The molecule has 2 aliphatic rings. The molecule has 2 fully saturated rings. The molecule has 1 unspecified atom stereocenters. The first-order chi connectivity index (χ1) is 11.1. The number of amides is 2. The summed E-state index contributed by atoms with van der Waals surface area (Å²) >= 11 is 0. The number of hydrogen-bond acceptors (Lipinski definition) is 3. The fourth-order valence-electron chi connectivity index (χ4n) is 4.07. The largest absolute Gasteiger partial charge is 0.344 e. The van der Waals surface area contributed by atoms with Gasteiger partial charge in [-0.15, -0.1) is 0 Å². The van der Waals surface area contributed by atoms with Gasteiger partial charge in [-0.1, -0.05) is 26.7 Å². The predicted octanol–water partition coefficient (Wildman–Crippen LogP) is 1.97. The highest BCUT2D eigenvalue weighted by molar-refractivity contribution is 5.82. The summed E-state index contributed by atoms with van der Waals surface area (Å²) in [6.07, 6.45) is 6.41. The van der Waals surface area contributed by atoms with E-state index in [0.29, 0.717) is 12.3 Å². The van der Waals surface area contributed by atoms with Gasteiger partial charge in [0.05, 0.1) is 6.04 Å². The standard InChI is InChI=1S/C18H33N3O2/c1-4-10-19(3)18(23)17(15-8-6-7-9-15)21-13-11-20(12-14-21)16(22)5-2/h15,17H,4-14H2,1-3H3. The molecule has 5 heteroatoms. The van der Waals surface area contributed by atoms with Gasteiger partial charge in [-0.3, -0.25) is 14.5 Å². The lowest BCUT2D eigenvalue weighted by atomic mass is 9.94. The van der Waals surface area contributed by atoms with Gasteiger partial charge in [0.1, 0.15) is 0 Å². The van der Waals surface area contributed by atoms with Crippen molar-refractivity contribution in [3.05, 3.63) is 0 Å². The van der Waals surface area contributed by atoms with Crippen molar-refractivity contribution in [2.75, 3.05) is 39.8 Å². The van der Waals surface area contributed by atoms with Gasteiger partial charge < -0.3 is 9.80 Å². The van der Waals surface area contributed by atoms with Gasteiger partial charge >= 0.3 is 0 Å². The van der Waals surface area contributed by atoms with E-state index >= 15 is 0 Å². The zero-order chi connectivity index (χ0) is 16.8. The van der Waals surface area contributed by atoms with E-state index in [-0.39, 0.29) is 17.9 Å². The first kappa shape index (κ1) is 18.2. The maximum Gasteiger partial charge on any atom is 0.239 e. The number of carbonyl (C=O) groups excluding carboxylic acids is 2. The van der Waals surface area contributed by atoms with Crippen LogP contribution in [0.4, 0.5) is 0 Å². The molecule has 23 heavy (non-hydrogen) atoms. The Hall–Kier alpha value is -1.10. The Morgan fingerprint density at radius 1 is 1.09 bits per heavy atom. The average Bonchev–Trinajstić information content (AvgIpc) is 3.09. The number of nitrogens with zero attached hydrogens (tertiary/aromatic N) is 3. The summed E-state index contributed by atoms with van der Waals surface area (Å²) in [5.74, 6) is 1.01. The summed E-state index contributed by atoms with van der Waals surface area (Å²) in [4.78, 5) is 31.1. The molecule has 0 N–H and O–H groups in total. The number of likely N-dealkylation sites (N-methyl/N-ethyl adjacent to an activating group) is 1. The Balaban J connectivity index is 2.03. The topological polar surface area (TPSA) is 43.9 Å². The van der Waals surface area contributed by atoms with Gasteiger partial charge in [0.25, 0.3) is 0 Å². The highest BCUT2D eigenvalue weighted by Crippen LogP contribution is 2.31. The lowest BCUT2D eigenvalue weighted by molar-refractivity contribution is -0.140. The third-order valence-electron chi connectivity index (χ3n) is 5.40. The van der Waals surface area contributed by atoms with Crippen LogP contribution >= 0.6 is 0 Å². The molecule has 0 aromatic rings. The molecule has 1 saturated heterocycles. The fourth-order valence-corrected chi connectivity index (χ4v) is 4.07. The van der Waals surface area contributed by atoms with E-state index < -0.39 is 0 Å². The highest BCUT2D eigenvalue weighted by Gasteiger charge is 2.38. The van der Waals surface area contributed by atoms with E-state index in [1.54, 1.807) is 0 Å². The molecule has 2 amide bonds. The van der Waals surface area contributed by atoms with Crippen LogP contribution in [0.5, 0.6) is 0 Å². The van der Waals surface area contributed by atoms with Crippen LogP contribution in [0.1, 0.15) is 52.4 Å². The molecule has 2 rings (SSSR count). The van der Waals surface area contributed by atoms with E-state index in [1.807, 2.05) is 23.8 Å². The summed E-state index contributed by atoms with van der Waals surface area (Å²) in [6, 6.07) is 0.0212. The molecule has 0 aromatic heterocycles. The first-order valence-corrected chi connectivity index (χ1v) is 9.35. The molecular formula is C18H33N3O2. The van der Waals surface area contributed by atoms with Crippen LogP contribution in [0.2, 0.25) is 0 Å². The van der Waals surface area contributed by atoms with Crippen LogP contribution in [-0.2, 0) is 9.59 Å². The zero-order valence-electron chi connectivity index (χ0n) is 15.1. The molecule has 1 aliphatic carbocycles. The van der Waals surface area contributed by atoms with Gasteiger partial charge in [-0.25, -0.2) is 0 Å². The maximum absolute atomic E-state index is 13.0. The molecule has 0 aromatic carbocycles. The molecular weight excluding hydrogens is 290 g/mol. The monoisotopic (exact) mass is 323 g/mol. The van der Waals surface area contributed by atoms with Crippen molar-refractivity contribution in [2.24, 2.45) is 5.92 Å². The van der Waals surface area contributed by atoms with E-state index in [2.05, 4.69) is 11.8 Å². The predicted molar refractivity (Wildman–Crippen MR) is 92.1 cm³/mol. The quantitative estimate of drug-likeness (QED) is 0.750. The molecule has 5 nitrogen and oxygen atoms in total. The summed E-state index contributed by atoms with van der Waals surface area (Å²) in [6.45, 7) is 8.05. The molecule has 0 bridgehead atoms. The minimum atomic E-state index is 0.0212. The van der Waals surface area contributed by atoms with Crippen molar-refractivity contribution in [3.8, 4) is 0 Å². The SMILES string of the molecule is CCCN(C)C(=O)C(C1CCCC1)N1CCN(C(=O)CC)CC1. The van der Waals surface area contributed by atoms with Gasteiger partial charge in [0.15, 0.2) is 0 Å². The highest BCUT2D eigenvalue weighted by atomic mass is 16.2. The summed E-state index contributed by atoms with van der Waals surface area (Å²) in [7, 11) is 1.94. The van der Waals surface area contributed by atoms with Gasteiger partial charge in [0, 0.05) is 46.2 Å². The number of hydrogen-bond donors (Lipinski definition) is 0. The lowest BCUT2D eigenvalue weighted by Gasteiger charge is -2.42. The lowest BCUT2D eigenvalue weighted by Crippen LogP contribution is -2.58. The van der Waals surface area contributed by atoms with E-state index in [1.165, 1.54) is 25.7 Å². The molecule has 1 aliphatic heterocycles. The van der Waals surface area contributed by atoms with Crippen LogP contribution < -0.4 is 0 Å². The molecule has 0 radical (unpaired) electrons. The zero-order valence-corrected chi connectivity index (χ0v) is 15.1. The second kappa shape index (κ2) is 8.67. The Morgan fingerprint density at radius 3 is 2.22 bits per heavy atom. The summed E-state index contributed by atoms with van der Waals surface area (Å²) < 4.78 is 0. The number of piperazine rings is 1. The normalized spacial score (nSPS) is 21.4. The van der Waals surface area contributed by atoms with Crippen LogP contribution in [0, 0.1) is 5.92 Å². The van der Waals surface area contributed by atoms with Crippen LogP contribution in [0.3, 0.4) is 0 Å². The van der Waals surface area contributed by atoms with E-state index in [9.17, 15) is 9.59 Å². The smallest absolute Gasteiger partial charge is 0.239 e. The van der Waals surface area contributed by atoms with E-state index in [4.69, 9.17) is 0 Å². The minimum Gasteiger partial charge on any atom is -0.344 e. The molecule has 1 heterocycles. The minimum absolute atomic E-state index is 0.0212. The molecule has 132 valence electrons. The second-order valence-corrected chi connectivity index (χ2v) is 7.02. The van der Waals surface area contributed by atoms with Gasteiger partial charge in [-0.05, 0) is 25.2 Å². The first-order valence-electron chi connectivity index (χ1n) is 9.35.